The van der Waals surface area contributed by atoms with Crippen molar-refractivity contribution in [2.75, 3.05) is 7.11 Å². The number of carbonyl (C=O) groups is 1. The summed E-state index contributed by atoms with van der Waals surface area (Å²) in [6, 6.07) is 8.18. The average molecular weight is 305 g/mol. The Morgan fingerprint density at radius 1 is 1.00 bits per heavy atom. The molecule has 1 unspecified atom stereocenters. The lowest BCUT2D eigenvalue weighted by Crippen LogP contribution is -2.31. The summed E-state index contributed by atoms with van der Waals surface area (Å²) in [5.74, 6) is -0.334. The van der Waals surface area contributed by atoms with Crippen LogP contribution < -0.4 is 5.73 Å². The van der Waals surface area contributed by atoms with Crippen LogP contribution in [0.25, 0.3) is 0 Å². The fourth-order valence-electron chi connectivity index (χ4n) is 2.57. The van der Waals surface area contributed by atoms with E-state index >= 15 is 0 Å². The molecule has 1 aromatic carbocycles. The Kier molecular flexibility index (Phi) is 9.56. The molecule has 0 saturated heterocycles. The predicted octanol–water partition coefficient (Wildman–Crippen LogP) is 4.02. The lowest BCUT2D eigenvalue weighted by atomic mass is 10.0. The summed E-state index contributed by atoms with van der Waals surface area (Å²) in [6.07, 6.45) is 10.6. The highest BCUT2D eigenvalue weighted by Gasteiger charge is 2.12. The summed E-state index contributed by atoms with van der Waals surface area (Å²) in [6.45, 7) is 2.25. The molecule has 0 saturated carbocycles. The first-order valence-electron chi connectivity index (χ1n) is 8.58. The van der Waals surface area contributed by atoms with Gasteiger partial charge in [0.1, 0.15) is 6.04 Å². The smallest absolute Gasteiger partial charge is 0.322 e. The zero-order valence-corrected chi connectivity index (χ0v) is 14.1. The van der Waals surface area contributed by atoms with Crippen molar-refractivity contribution in [1.82, 2.24) is 0 Å². The number of ether oxygens (including phenoxy) is 1. The van der Waals surface area contributed by atoms with Gasteiger partial charge in [-0.15, -0.1) is 0 Å². The first kappa shape index (κ1) is 18.7. The number of carbonyl (C=O) groups excluding carboxylic acids is 1. The normalized spacial score (nSPS) is 12.1. The summed E-state index contributed by atoms with van der Waals surface area (Å²) < 4.78 is 4.63. The van der Waals surface area contributed by atoms with Crippen LogP contribution in [0.1, 0.15) is 63.0 Å². The van der Waals surface area contributed by atoms with Crippen LogP contribution in [0.4, 0.5) is 0 Å². The zero-order chi connectivity index (χ0) is 16.2. The molecule has 3 heteroatoms. The summed E-state index contributed by atoms with van der Waals surface area (Å²) in [4.78, 5) is 11.3. The van der Waals surface area contributed by atoms with Crippen molar-refractivity contribution in [1.29, 1.82) is 0 Å². The monoisotopic (exact) mass is 305 g/mol. The number of aryl methyl sites for hydroxylation is 2. The summed E-state index contributed by atoms with van der Waals surface area (Å²) in [5, 5.41) is 0. The predicted molar refractivity (Wildman–Crippen MR) is 91.8 cm³/mol. The van der Waals surface area contributed by atoms with E-state index in [1.165, 1.54) is 56.8 Å². The van der Waals surface area contributed by atoms with E-state index in [0.717, 1.165) is 12.8 Å². The highest BCUT2D eigenvalue weighted by Crippen LogP contribution is 2.12. The van der Waals surface area contributed by atoms with Gasteiger partial charge in [-0.1, -0.05) is 63.3 Å². The van der Waals surface area contributed by atoms with Crippen molar-refractivity contribution in [3.8, 4) is 0 Å². The Bertz CT molecular complexity index is 414. The van der Waals surface area contributed by atoms with Gasteiger partial charge in [0.05, 0.1) is 7.11 Å². The molecule has 0 radical (unpaired) electrons. The molecule has 0 aliphatic rings. The molecule has 0 aliphatic heterocycles. The Labute approximate surface area is 135 Å². The number of hydrogen-bond acceptors (Lipinski definition) is 3. The molecule has 2 N–H and O–H groups in total. The Hall–Kier alpha value is -1.35. The largest absolute Gasteiger partial charge is 0.468 e. The average Bonchev–Trinajstić information content (AvgIpc) is 2.56. The summed E-state index contributed by atoms with van der Waals surface area (Å²) in [5.41, 5.74) is 8.37. The van der Waals surface area contributed by atoms with Crippen molar-refractivity contribution < 1.29 is 9.53 Å². The standard InChI is InChI=1S/C19H31NO2/c1-3-4-5-6-7-8-9-16-10-12-17(13-11-16)14-15-18(20)19(21)22-2/h10-13,18H,3-9,14-15,20H2,1-2H3. The molecule has 1 atom stereocenters. The Balaban J connectivity index is 2.23. The summed E-state index contributed by atoms with van der Waals surface area (Å²) in [7, 11) is 1.37. The van der Waals surface area contributed by atoms with Gasteiger partial charge in [0.25, 0.3) is 0 Å². The quantitative estimate of drug-likeness (QED) is 0.496. The maximum Gasteiger partial charge on any atom is 0.322 e. The van der Waals surface area contributed by atoms with Crippen LogP contribution >= 0.6 is 0 Å². The van der Waals surface area contributed by atoms with Crippen molar-refractivity contribution in [2.45, 2.75) is 70.8 Å². The van der Waals surface area contributed by atoms with E-state index in [9.17, 15) is 4.79 Å². The van der Waals surface area contributed by atoms with Gasteiger partial charge < -0.3 is 10.5 Å². The molecule has 0 spiro atoms. The topological polar surface area (TPSA) is 52.3 Å². The van der Waals surface area contributed by atoms with Crippen LogP contribution in [0.3, 0.4) is 0 Å². The lowest BCUT2D eigenvalue weighted by Gasteiger charge is -2.09. The Morgan fingerprint density at radius 3 is 2.14 bits per heavy atom. The first-order chi connectivity index (χ1) is 10.7. The molecule has 0 aromatic heterocycles. The third kappa shape index (κ3) is 7.60. The number of nitrogens with two attached hydrogens (primary N) is 1. The number of unbranched alkanes of at least 4 members (excludes halogenated alkanes) is 5. The van der Waals surface area contributed by atoms with Gasteiger partial charge in [-0.2, -0.15) is 0 Å². The van der Waals surface area contributed by atoms with Crippen LogP contribution in [0.15, 0.2) is 24.3 Å². The highest BCUT2D eigenvalue weighted by molar-refractivity contribution is 5.75. The maximum atomic E-state index is 11.3. The second-order valence-corrected chi connectivity index (χ2v) is 6.00. The third-order valence-electron chi connectivity index (χ3n) is 4.09. The van der Waals surface area contributed by atoms with Gasteiger partial charge in [0.2, 0.25) is 0 Å². The fraction of sp³-hybridized carbons (Fsp3) is 0.632. The molecular weight excluding hydrogens is 274 g/mol. The zero-order valence-electron chi connectivity index (χ0n) is 14.1. The molecule has 0 heterocycles. The molecule has 1 aromatic rings. The molecule has 22 heavy (non-hydrogen) atoms. The van der Waals surface area contributed by atoms with Crippen LogP contribution in [-0.2, 0) is 22.4 Å². The van der Waals surface area contributed by atoms with Gasteiger partial charge in [-0.25, -0.2) is 0 Å². The highest BCUT2D eigenvalue weighted by atomic mass is 16.5. The fourth-order valence-corrected chi connectivity index (χ4v) is 2.57. The van der Waals surface area contributed by atoms with E-state index in [4.69, 9.17) is 5.73 Å². The van der Waals surface area contributed by atoms with Crippen molar-refractivity contribution in [3.63, 3.8) is 0 Å². The van der Waals surface area contributed by atoms with Crippen LogP contribution in [0.2, 0.25) is 0 Å². The Morgan fingerprint density at radius 2 is 1.55 bits per heavy atom. The minimum absolute atomic E-state index is 0.334. The van der Waals surface area contributed by atoms with Gasteiger partial charge >= 0.3 is 5.97 Å². The van der Waals surface area contributed by atoms with E-state index in [1.807, 2.05) is 0 Å². The molecule has 0 bridgehead atoms. The maximum absolute atomic E-state index is 11.3. The number of hydrogen-bond donors (Lipinski definition) is 1. The van der Waals surface area contributed by atoms with Crippen molar-refractivity contribution in [3.05, 3.63) is 35.4 Å². The number of benzene rings is 1. The number of esters is 1. The van der Waals surface area contributed by atoms with E-state index in [1.54, 1.807) is 0 Å². The van der Waals surface area contributed by atoms with Crippen LogP contribution in [0.5, 0.6) is 0 Å². The molecule has 124 valence electrons. The van der Waals surface area contributed by atoms with Gasteiger partial charge in [-0.3, -0.25) is 4.79 Å². The van der Waals surface area contributed by atoms with E-state index in [-0.39, 0.29) is 5.97 Å². The molecule has 3 nitrogen and oxygen atoms in total. The first-order valence-corrected chi connectivity index (χ1v) is 8.58. The van der Waals surface area contributed by atoms with Gasteiger partial charge in [0.15, 0.2) is 0 Å². The van der Waals surface area contributed by atoms with E-state index < -0.39 is 6.04 Å². The van der Waals surface area contributed by atoms with E-state index in [0.29, 0.717) is 6.42 Å². The number of methoxy groups -OCH3 is 1. The lowest BCUT2D eigenvalue weighted by molar-refractivity contribution is -0.142. The van der Waals surface area contributed by atoms with Crippen LogP contribution in [-0.4, -0.2) is 19.1 Å². The molecule has 1 rings (SSSR count). The van der Waals surface area contributed by atoms with Gasteiger partial charge in [-0.05, 0) is 36.8 Å². The minimum atomic E-state index is -0.521. The molecule has 0 aliphatic carbocycles. The van der Waals surface area contributed by atoms with Crippen molar-refractivity contribution in [2.24, 2.45) is 5.73 Å². The van der Waals surface area contributed by atoms with E-state index in [2.05, 4.69) is 35.9 Å². The second kappa shape index (κ2) is 11.2. The second-order valence-electron chi connectivity index (χ2n) is 6.00. The summed E-state index contributed by atoms with van der Waals surface area (Å²) >= 11 is 0. The van der Waals surface area contributed by atoms with Crippen molar-refractivity contribution >= 4 is 5.97 Å². The molecule has 0 fully saturated rings. The molecular formula is C19H31NO2. The molecule has 0 amide bonds. The third-order valence-corrected chi connectivity index (χ3v) is 4.09. The van der Waals surface area contributed by atoms with Gasteiger partial charge in [0, 0.05) is 0 Å². The minimum Gasteiger partial charge on any atom is -0.468 e. The SMILES string of the molecule is CCCCCCCCc1ccc(CCC(N)C(=O)OC)cc1. The van der Waals surface area contributed by atoms with Crippen LogP contribution in [0, 0.1) is 0 Å². The number of rotatable bonds is 11.